The molecular weight excluding hydrogens is 260 g/mol. The largest absolute Gasteiger partial charge is 0.465 e. The predicted molar refractivity (Wildman–Crippen MR) is 71.2 cm³/mol. The SMILES string of the molecule is CCOC(=O)C(C(=O)OCC)c1cccc2cncn12. The Bertz CT molecular complexity index is 602. The number of carbonyl (C=O) groups is 2. The molecule has 0 aliphatic carbocycles. The van der Waals surface area contributed by atoms with Crippen LogP contribution in [-0.2, 0) is 19.1 Å². The van der Waals surface area contributed by atoms with Crippen LogP contribution in [0.25, 0.3) is 5.52 Å². The molecule has 0 amide bonds. The molecule has 0 radical (unpaired) electrons. The zero-order valence-corrected chi connectivity index (χ0v) is 11.4. The van der Waals surface area contributed by atoms with Gasteiger partial charge in [-0.1, -0.05) is 6.07 Å². The number of nitrogens with zero attached hydrogens (tertiary/aromatic N) is 2. The lowest BCUT2D eigenvalue weighted by molar-refractivity contribution is -0.157. The summed E-state index contributed by atoms with van der Waals surface area (Å²) in [4.78, 5) is 28.2. The lowest BCUT2D eigenvalue weighted by atomic mass is 10.0. The molecular formula is C14H16N2O4. The van der Waals surface area contributed by atoms with Gasteiger partial charge in [0.05, 0.1) is 31.3 Å². The molecule has 0 fully saturated rings. The van der Waals surface area contributed by atoms with Gasteiger partial charge in [-0.05, 0) is 26.0 Å². The van der Waals surface area contributed by atoms with Crippen molar-refractivity contribution in [1.29, 1.82) is 0 Å². The van der Waals surface area contributed by atoms with Crippen LogP contribution in [0.2, 0.25) is 0 Å². The molecule has 2 aromatic heterocycles. The Morgan fingerprint density at radius 2 is 1.85 bits per heavy atom. The number of rotatable bonds is 5. The number of imidazole rings is 1. The minimum absolute atomic E-state index is 0.203. The first-order chi connectivity index (χ1) is 9.69. The molecule has 2 aromatic rings. The van der Waals surface area contributed by atoms with Gasteiger partial charge in [0, 0.05) is 5.69 Å². The van der Waals surface area contributed by atoms with Gasteiger partial charge >= 0.3 is 11.9 Å². The van der Waals surface area contributed by atoms with Crippen molar-refractivity contribution in [1.82, 2.24) is 9.38 Å². The molecule has 0 aromatic carbocycles. The van der Waals surface area contributed by atoms with Gasteiger partial charge in [-0.15, -0.1) is 0 Å². The van der Waals surface area contributed by atoms with Gasteiger partial charge in [0.1, 0.15) is 0 Å². The van der Waals surface area contributed by atoms with Crippen molar-refractivity contribution in [2.45, 2.75) is 19.8 Å². The van der Waals surface area contributed by atoms with Crippen LogP contribution in [0.15, 0.2) is 30.7 Å². The van der Waals surface area contributed by atoms with Crippen molar-refractivity contribution in [2.75, 3.05) is 13.2 Å². The second-order valence-electron chi connectivity index (χ2n) is 4.08. The van der Waals surface area contributed by atoms with Crippen LogP contribution in [-0.4, -0.2) is 34.5 Å². The van der Waals surface area contributed by atoms with E-state index in [0.29, 0.717) is 5.69 Å². The van der Waals surface area contributed by atoms with Gasteiger partial charge in [0.15, 0.2) is 5.92 Å². The number of ether oxygens (including phenoxy) is 2. The van der Waals surface area contributed by atoms with Crippen LogP contribution in [0.5, 0.6) is 0 Å². The van der Waals surface area contributed by atoms with Crippen molar-refractivity contribution < 1.29 is 19.1 Å². The van der Waals surface area contributed by atoms with Crippen molar-refractivity contribution in [3.8, 4) is 0 Å². The Kier molecular flexibility index (Phi) is 4.34. The zero-order valence-electron chi connectivity index (χ0n) is 11.4. The van der Waals surface area contributed by atoms with Crippen LogP contribution in [0.1, 0.15) is 25.5 Å². The summed E-state index contributed by atoms with van der Waals surface area (Å²) in [5.41, 5.74) is 1.28. The maximum atomic E-state index is 12.1. The summed E-state index contributed by atoms with van der Waals surface area (Å²) in [6.45, 7) is 3.79. The van der Waals surface area contributed by atoms with Gasteiger partial charge in [-0.25, -0.2) is 4.98 Å². The lowest BCUT2D eigenvalue weighted by Crippen LogP contribution is -2.27. The van der Waals surface area contributed by atoms with E-state index in [4.69, 9.17) is 9.47 Å². The van der Waals surface area contributed by atoms with Crippen LogP contribution < -0.4 is 0 Å². The summed E-state index contributed by atoms with van der Waals surface area (Å²) in [6.07, 6.45) is 3.20. The van der Waals surface area contributed by atoms with Crippen LogP contribution in [0.3, 0.4) is 0 Å². The molecule has 20 heavy (non-hydrogen) atoms. The number of fused-ring (bicyclic) bond motifs is 1. The molecule has 2 rings (SSSR count). The van der Waals surface area contributed by atoms with Crippen LogP contribution in [0.4, 0.5) is 0 Å². The standard InChI is InChI=1S/C14H16N2O4/c1-3-19-13(17)12(14(18)20-4-2)11-7-5-6-10-8-15-9-16(10)11/h5-9,12H,3-4H2,1-2H3. The third-order valence-electron chi connectivity index (χ3n) is 2.82. The topological polar surface area (TPSA) is 69.9 Å². The van der Waals surface area contributed by atoms with E-state index in [9.17, 15) is 9.59 Å². The van der Waals surface area contributed by atoms with Crippen LogP contribution in [0, 0.1) is 0 Å². The third-order valence-corrected chi connectivity index (χ3v) is 2.82. The van der Waals surface area contributed by atoms with Gasteiger partial charge in [0.2, 0.25) is 0 Å². The molecule has 0 saturated heterocycles. The molecule has 0 atom stereocenters. The normalized spacial score (nSPS) is 10.8. The summed E-state index contributed by atoms with van der Waals surface area (Å²) in [5, 5.41) is 0. The van der Waals surface area contributed by atoms with E-state index in [1.54, 1.807) is 42.9 Å². The number of hydrogen-bond donors (Lipinski definition) is 0. The van der Waals surface area contributed by atoms with Crippen molar-refractivity contribution in [2.24, 2.45) is 0 Å². The highest BCUT2D eigenvalue weighted by Gasteiger charge is 2.33. The van der Waals surface area contributed by atoms with Crippen molar-refractivity contribution in [3.63, 3.8) is 0 Å². The summed E-state index contributed by atoms with van der Waals surface area (Å²) in [6, 6.07) is 5.29. The van der Waals surface area contributed by atoms with E-state index in [1.165, 1.54) is 0 Å². The number of pyridine rings is 1. The zero-order chi connectivity index (χ0) is 14.5. The van der Waals surface area contributed by atoms with Gasteiger partial charge in [-0.3, -0.25) is 9.59 Å². The second kappa shape index (κ2) is 6.18. The minimum Gasteiger partial charge on any atom is -0.465 e. The quantitative estimate of drug-likeness (QED) is 0.612. The molecule has 0 saturated carbocycles. The Labute approximate surface area is 116 Å². The smallest absolute Gasteiger partial charge is 0.326 e. The van der Waals surface area contributed by atoms with E-state index >= 15 is 0 Å². The predicted octanol–water partition coefficient (Wildman–Crippen LogP) is 1.54. The Morgan fingerprint density at radius 1 is 1.20 bits per heavy atom. The first kappa shape index (κ1) is 14.0. The molecule has 0 bridgehead atoms. The summed E-state index contributed by atoms with van der Waals surface area (Å²) in [7, 11) is 0. The number of carbonyl (C=O) groups excluding carboxylic acids is 2. The molecule has 0 aliphatic heterocycles. The fraction of sp³-hybridized carbons (Fsp3) is 0.357. The fourth-order valence-electron chi connectivity index (χ4n) is 1.99. The number of aromatic nitrogens is 2. The Hall–Kier alpha value is -2.37. The Balaban J connectivity index is 2.47. The number of esters is 2. The molecule has 6 heteroatoms. The van der Waals surface area contributed by atoms with E-state index < -0.39 is 17.9 Å². The molecule has 0 aliphatic rings. The summed E-state index contributed by atoms with van der Waals surface area (Å²) < 4.78 is 11.6. The number of hydrogen-bond acceptors (Lipinski definition) is 5. The Morgan fingerprint density at radius 3 is 2.45 bits per heavy atom. The molecule has 6 nitrogen and oxygen atoms in total. The molecule has 0 spiro atoms. The second-order valence-corrected chi connectivity index (χ2v) is 4.08. The van der Waals surface area contributed by atoms with E-state index in [2.05, 4.69) is 4.98 Å². The summed E-state index contributed by atoms with van der Waals surface area (Å²) >= 11 is 0. The van der Waals surface area contributed by atoms with E-state index in [1.807, 2.05) is 6.07 Å². The van der Waals surface area contributed by atoms with Crippen molar-refractivity contribution in [3.05, 3.63) is 36.4 Å². The minimum atomic E-state index is -1.10. The average Bonchev–Trinajstić information content (AvgIpc) is 2.89. The lowest BCUT2D eigenvalue weighted by Gasteiger charge is -2.16. The van der Waals surface area contributed by atoms with E-state index in [0.717, 1.165) is 5.52 Å². The van der Waals surface area contributed by atoms with Gasteiger partial charge in [-0.2, -0.15) is 0 Å². The van der Waals surface area contributed by atoms with Gasteiger partial charge in [0.25, 0.3) is 0 Å². The first-order valence-corrected chi connectivity index (χ1v) is 6.43. The van der Waals surface area contributed by atoms with Gasteiger partial charge < -0.3 is 13.9 Å². The molecule has 106 valence electrons. The summed E-state index contributed by atoms with van der Waals surface area (Å²) in [5.74, 6) is -2.34. The monoisotopic (exact) mass is 276 g/mol. The first-order valence-electron chi connectivity index (χ1n) is 6.43. The van der Waals surface area contributed by atoms with E-state index in [-0.39, 0.29) is 13.2 Å². The molecule has 2 heterocycles. The van der Waals surface area contributed by atoms with Crippen molar-refractivity contribution >= 4 is 17.5 Å². The highest BCUT2D eigenvalue weighted by atomic mass is 16.6. The highest BCUT2D eigenvalue weighted by Crippen LogP contribution is 2.21. The third kappa shape index (κ3) is 2.64. The fourth-order valence-corrected chi connectivity index (χ4v) is 1.99. The average molecular weight is 276 g/mol. The van der Waals surface area contributed by atoms with Crippen LogP contribution >= 0.6 is 0 Å². The molecule has 0 unspecified atom stereocenters. The highest BCUT2D eigenvalue weighted by molar-refractivity contribution is 6.00. The maximum Gasteiger partial charge on any atom is 0.326 e. The maximum absolute atomic E-state index is 12.1. The molecule has 0 N–H and O–H groups in total.